The van der Waals surface area contributed by atoms with Gasteiger partial charge in [0.1, 0.15) is 5.51 Å². The third kappa shape index (κ3) is 3.11. The summed E-state index contributed by atoms with van der Waals surface area (Å²) in [7, 11) is 0. The molecule has 1 aromatic heterocycles. The van der Waals surface area contributed by atoms with Gasteiger partial charge in [-0.25, -0.2) is 4.79 Å². The Bertz CT molecular complexity index is 722. The molecular weight excluding hydrogens is 362 g/mol. The number of likely N-dealkylation sites (tertiary alicyclic amines) is 1. The molecule has 0 aromatic carbocycles. The predicted molar refractivity (Wildman–Crippen MR) is 104 cm³/mol. The van der Waals surface area contributed by atoms with E-state index in [-0.39, 0.29) is 34.7 Å². The number of urea groups is 1. The lowest BCUT2D eigenvalue weighted by Crippen LogP contribution is -2.54. The third-order valence-electron chi connectivity index (χ3n) is 7.76. The molecule has 2 saturated carbocycles. The van der Waals surface area contributed by atoms with E-state index < -0.39 is 0 Å². The molecule has 148 valence electrons. The van der Waals surface area contributed by atoms with E-state index in [1.165, 1.54) is 24.2 Å². The summed E-state index contributed by atoms with van der Waals surface area (Å²) in [6.45, 7) is 8.22. The minimum atomic E-state index is -0.194. The van der Waals surface area contributed by atoms with Crippen molar-refractivity contribution in [3.63, 3.8) is 0 Å². The number of hydrogen-bond acceptors (Lipinski definition) is 5. The van der Waals surface area contributed by atoms with Crippen molar-refractivity contribution in [2.45, 2.75) is 58.9 Å². The first kappa shape index (κ1) is 18.7. The fourth-order valence-electron chi connectivity index (χ4n) is 5.47. The van der Waals surface area contributed by atoms with Crippen molar-refractivity contribution < 1.29 is 9.59 Å². The van der Waals surface area contributed by atoms with Crippen LogP contribution in [-0.2, 0) is 4.79 Å². The Hall–Kier alpha value is -1.70. The molecule has 2 bridgehead atoms. The average molecular weight is 392 g/mol. The van der Waals surface area contributed by atoms with Gasteiger partial charge in [0.2, 0.25) is 11.0 Å². The van der Waals surface area contributed by atoms with Gasteiger partial charge >= 0.3 is 6.03 Å². The second-order valence-corrected chi connectivity index (χ2v) is 9.96. The Kier molecular flexibility index (Phi) is 4.64. The standard InChI is InChI=1S/C19H29N5O2S/c1-18(2)13-6-7-19(18,3)14(9-13)21-17(26)24-8-4-5-12(10-24)15(25)22-16-23-20-11-27-16/h11-14H,4-10H2,1-3H3,(H,21,26)(H,22,23,25). The van der Waals surface area contributed by atoms with Crippen LogP contribution in [-0.4, -0.2) is 46.2 Å². The smallest absolute Gasteiger partial charge is 0.317 e. The van der Waals surface area contributed by atoms with Crippen molar-refractivity contribution in [3.05, 3.63) is 5.51 Å². The molecule has 3 amide bonds. The first-order chi connectivity index (χ1) is 12.8. The molecule has 1 aromatic rings. The molecule has 2 heterocycles. The number of nitrogens with one attached hydrogen (secondary N) is 2. The lowest BCUT2D eigenvalue weighted by Gasteiger charge is -2.41. The van der Waals surface area contributed by atoms with Crippen LogP contribution in [0.5, 0.6) is 0 Å². The maximum atomic E-state index is 12.9. The minimum Gasteiger partial charge on any atom is -0.335 e. The number of hydrogen-bond donors (Lipinski definition) is 2. The van der Waals surface area contributed by atoms with E-state index in [0.29, 0.717) is 24.1 Å². The summed E-state index contributed by atoms with van der Waals surface area (Å²) in [5, 5.41) is 14.2. The van der Waals surface area contributed by atoms with Gasteiger partial charge in [0, 0.05) is 19.1 Å². The Morgan fingerprint density at radius 2 is 2.11 bits per heavy atom. The van der Waals surface area contributed by atoms with Crippen LogP contribution in [0.15, 0.2) is 5.51 Å². The third-order valence-corrected chi connectivity index (χ3v) is 8.37. The normalized spacial score (nSPS) is 34.5. The number of piperidine rings is 1. The van der Waals surface area contributed by atoms with Gasteiger partial charge in [-0.3, -0.25) is 4.79 Å². The van der Waals surface area contributed by atoms with Gasteiger partial charge < -0.3 is 15.5 Å². The number of carbonyl (C=O) groups is 2. The lowest BCUT2D eigenvalue weighted by atomic mass is 9.69. The molecule has 4 atom stereocenters. The van der Waals surface area contributed by atoms with Crippen molar-refractivity contribution in [1.82, 2.24) is 20.4 Å². The highest BCUT2D eigenvalue weighted by Crippen LogP contribution is 2.65. The highest BCUT2D eigenvalue weighted by atomic mass is 32.1. The van der Waals surface area contributed by atoms with E-state index >= 15 is 0 Å². The highest BCUT2D eigenvalue weighted by Gasteiger charge is 2.61. The van der Waals surface area contributed by atoms with Gasteiger partial charge in [-0.15, -0.1) is 10.2 Å². The SMILES string of the molecule is CC1(C)C2CCC1(C)C(NC(=O)N1CCCC(C(=O)Nc3nncs3)C1)C2. The molecule has 8 heteroatoms. The molecule has 4 unspecified atom stereocenters. The lowest BCUT2D eigenvalue weighted by molar-refractivity contribution is -0.121. The summed E-state index contributed by atoms with van der Waals surface area (Å²) in [6, 6.07) is 0.215. The van der Waals surface area contributed by atoms with E-state index in [0.717, 1.165) is 19.3 Å². The number of rotatable bonds is 3. The maximum Gasteiger partial charge on any atom is 0.317 e. The number of anilines is 1. The summed E-state index contributed by atoms with van der Waals surface area (Å²) in [4.78, 5) is 27.2. The van der Waals surface area contributed by atoms with Gasteiger partial charge in [0.15, 0.2) is 0 Å². The monoisotopic (exact) mass is 391 g/mol. The topological polar surface area (TPSA) is 87.2 Å². The molecule has 27 heavy (non-hydrogen) atoms. The Balaban J connectivity index is 1.36. The van der Waals surface area contributed by atoms with Crippen LogP contribution in [0.3, 0.4) is 0 Å². The number of amides is 3. The summed E-state index contributed by atoms with van der Waals surface area (Å²) in [6.07, 6.45) is 5.17. The number of aromatic nitrogens is 2. The Labute approximate surface area is 164 Å². The maximum absolute atomic E-state index is 12.9. The van der Waals surface area contributed by atoms with Crippen molar-refractivity contribution >= 4 is 28.4 Å². The van der Waals surface area contributed by atoms with E-state index in [1.807, 2.05) is 4.90 Å². The molecule has 7 nitrogen and oxygen atoms in total. The first-order valence-corrected chi connectivity index (χ1v) is 10.8. The van der Waals surface area contributed by atoms with E-state index in [1.54, 1.807) is 5.51 Å². The van der Waals surface area contributed by atoms with Crippen LogP contribution in [0, 0.1) is 22.7 Å². The van der Waals surface area contributed by atoms with E-state index in [4.69, 9.17) is 0 Å². The molecule has 2 aliphatic carbocycles. The van der Waals surface area contributed by atoms with E-state index in [2.05, 4.69) is 41.6 Å². The van der Waals surface area contributed by atoms with Gasteiger partial charge in [0.25, 0.3) is 0 Å². The molecule has 0 radical (unpaired) electrons. The largest absolute Gasteiger partial charge is 0.335 e. The first-order valence-electron chi connectivity index (χ1n) is 9.94. The van der Waals surface area contributed by atoms with Crippen LogP contribution in [0.2, 0.25) is 0 Å². The van der Waals surface area contributed by atoms with Crippen molar-refractivity contribution in [1.29, 1.82) is 0 Å². The molecule has 3 aliphatic rings. The zero-order chi connectivity index (χ0) is 19.2. The Morgan fingerprint density at radius 1 is 1.30 bits per heavy atom. The Morgan fingerprint density at radius 3 is 2.74 bits per heavy atom. The second kappa shape index (κ2) is 6.72. The van der Waals surface area contributed by atoms with Crippen molar-refractivity contribution in [2.75, 3.05) is 18.4 Å². The number of nitrogens with zero attached hydrogens (tertiary/aromatic N) is 3. The van der Waals surface area contributed by atoms with Crippen molar-refractivity contribution in [2.24, 2.45) is 22.7 Å². The number of carbonyl (C=O) groups excluding carboxylic acids is 2. The highest BCUT2D eigenvalue weighted by molar-refractivity contribution is 7.13. The fourth-order valence-corrected chi connectivity index (χ4v) is 5.92. The summed E-state index contributed by atoms with van der Waals surface area (Å²) >= 11 is 1.30. The molecule has 1 saturated heterocycles. The minimum absolute atomic E-state index is 0.0157. The van der Waals surface area contributed by atoms with Crippen molar-refractivity contribution in [3.8, 4) is 0 Å². The average Bonchev–Trinajstić information content (AvgIpc) is 3.28. The molecule has 0 spiro atoms. The summed E-state index contributed by atoms with van der Waals surface area (Å²) in [5.74, 6) is 0.428. The molecule has 2 N–H and O–H groups in total. The quantitative estimate of drug-likeness (QED) is 0.829. The summed E-state index contributed by atoms with van der Waals surface area (Å²) in [5.41, 5.74) is 2.03. The van der Waals surface area contributed by atoms with Crippen LogP contribution >= 0.6 is 11.3 Å². The molecule has 1 aliphatic heterocycles. The zero-order valence-electron chi connectivity index (χ0n) is 16.3. The van der Waals surface area contributed by atoms with E-state index in [9.17, 15) is 9.59 Å². The van der Waals surface area contributed by atoms with Gasteiger partial charge in [-0.2, -0.15) is 0 Å². The van der Waals surface area contributed by atoms with Crippen LogP contribution < -0.4 is 10.6 Å². The van der Waals surface area contributed by atoms with Gasteiger partial charge in [0.05, 0.1) is 5.92 Å². The fraction of sp³-hybridized carbons (Fsp3) is 0.789. The van der Waals surface area contributed by atoms with Crippen LogP contribution in [0.1, 0.15) is 52.9 Å². The summed E-state index contributed by atoms with van der Waals surface area (Å²) < 4.78 is 0. The molecule has 4 rings (SSSR count). The molecule has 3 fully saturated rings. The zero-order valence-corrected chi connectivity index (χ0v) is 17.1. The van der Waals surface area contributed by atoms with Crippen LogP contribution in [0.4, 0.5) is 9.93 Å². The van der Waals surface area contributed by atoms with Crippen LogP contribution in [0.25, 0.3) is 0 Å². The second-order valence-electron chi connectivity index (χ2n) is 9.13. The van der Waals surface area contributed by atoms with Gasteiger partial charge in [-0.05, 0) is 48.9 Å². The predicted octanol–water partition coefficient (Wildman–Crippen LogP) is 3.11. The molecular formula is C19H29N5O2S. The van der Waals surface area contributed by atoms with Gasteiger partial charge in [-0.1, -0.05) is 32.1 Å². The number of fused-ring (bicyclic) bond motifs is 2.